The molecular formula is C20H20Cl2N2O2. The molecule has 0 aliphatic heterocycles. The second-order valence-corrected chi connectivity index (χ2v) is 7.22. The van der Waals surface area contributed by atoms with Crippen molar-refractivity contribution in [3.63, 3.8) is 0 Å². The van der Waals surface area contributed by atoms with Gasteiger partial charge in [0.1, 0.15) is 0 Å². The minimum Gasteiger partial charge on any atom is -0.335 e. The molecule has 26 heavy (non-hydrogen) atoms. The number of anilines is 1. The van der Waals surface area contributed by atoms with E-state index < -0.39 is 0 Å². The molecule has 6 heteroatoms. The van der Waals surface area contributed by atoms with Crippen LogP contribution < -0.4 is 5.32 Å². The molecule has 0 saturated heterocycles. The van der Waals surface area contributed by atoms with Crippen LogP contribution in [0.2, 0.25) is 10.0 Å². The van der Waals surface area contributed by atoms with E-state index in [1.54, 1.807) is 41.3 Å². The maximum Gasteiger partial charge on any atom is 0.254 e. The number of hydrogen-bond acceptors (Lipinski definition) is 2. The van der Waals surface area contributed by atoms with E-state index in [-0.39, 0.29) is 17.7 Å². The van der Waals surface area contributed by atoms with Gasteiger partial charge in [0, 0.05) is 30.3 Å². The van der Waals surface area contributed by atoms with E-state index in [1.165, 1.54) is 0 Å². The molecule has 1 fully saturated rings. The number of hydrogen-bond donors (Lipinski definition) is 1. The van der Waals surface area contributed by atoms with Crippen LogP contribution in [-0.2, 0) is 11.3 Å². The first-order chi connectivity index (χ1) is 12.5. The summed E-state index contributed by atoms with van der Waals surface area (Å²) < 4.78 is 0. The van der Waals surface area contributed by atoms with Crippen LogP contribution in [0.4, 0.5) is 5.69 Å². The van der Waals surface area contributed by atoms with E-state index in [9.17, 15) is 9.59 Å². The van der Waals surface area contributed by atoms with Gasteiger partial charge in [-0.15, -0.1) is 0 Å². The zero-order valence-electron chi connectivity index (χ0n) is 14.5. The van der Waals surface area contributed by atoms with E-state index in [0.29, 0.717) is 34.4 Å². The summed E-state index contributed by atoms with van der Waals surface area (Å²) in [6, 6.07) is 12.4. The Morgan fingerprint density at radius 3 is 2.35 bits per heavy atom. The van der Waals surface area contributed by atoms with Crippen molar-refractivity contribution in [1.82, 2.24) is 4.90 Å². The van der Waals surface area contributed by atoms with Gasteiger partial charge in [-0.3, -0.25) is 9.59 Å². The van der Waals surface area contributed by atoms with Crippen molar-refractivity contribution in [1.29, 1.82) is 0 Å². The van der Waals surface area contributed by atoms with Crippen molar-refractivity contribution in [2.24, 2.45) is 5.92 Å². The fourth-order valence-corrected chi connectivity index (χ4v) is 2.97. The monoisotopic (exact) mass is 390 g/mol. The zero-order valence-corrected chi connectivity index (χ0v) is 16.0. The number of nitrogens with zero attached hydrogens (tertiary/aromatic N) is 1. The van der Waals surface area contributed by atoms with Gasteiger partial charge in [0.05, 0.1) is 10.0 Å². The van der Waals surface area contributed by atoms with Crippen LogP contribution in [0.25, 0.3) is 0 Å². The highest BCUT2D eigenvalue weighted by atomic mass is 35.5. The minimum atomic E-state index is -0.0707. The predicted molar refractivity (Wildman–Crippen MR) is 105 cm³/mol. The molecule has 0 aromatic heterocycles. The Bertz CT molecular complexity index is 817. The second kappa shape index (κ2) is 8.11. The van der Waals surface area contributed by atoms with Crippen molar-refractivity contribution in [2.45, 2.75) is 26.3 Å². The molecule has 0 spiro atoms. The fourth-order valence-electron chi connectivity index (χ4n) is 2.65. The quantitative estimate of drug-likeness (QED) is 0.753. The predicted octanol–water partition coefficient (Wildman–Crippen LogP) is 5.00. The Hall–Kier alpha value is -2.04. The van der Waals surface area contributed by atoms with Crippen LogP contribution in [-0.4, -0.2) is 23.3 Å². The van der Waals surface area contributed by atoms with Gasteiger partial charge in [-0.05, 0) is 61.7 Å². The molecule has 136 valence electrons. The Morgan fingerprint density at radius 1 is 1.08 bits per heavy atom. The number of amides is 2. The maximum atomic E-state index is 12.8. The smallest absolute Gasteiger partial charge is 0.254 e. The Morgan fingerprint density at radius 2 is 1.77 bits per heavy atom. The average molecular weight is 391 g/mol. The first kappa shape index (κ1) is 18.7. The van der Waals surface area contributed by atoms with Crippen LogP contribution in [0.15, 0.2) is 42.5 Å². The molecule has 3 rings (SSSR count). The second-order valence-electron chi connectivity index (χ2n) is 6.41. The number of carbonyl (C=O) groups is 2. The van der Waals surface area contributed by atoms with Crippen molar-refractivity contribution >= 4 is 40.7 Å². The van der Waals surface area contributed by atoms with Crippen molar-refractivity contribution in [3.8, 4) is 0 Å². The lowest BCUT2D eigenvalue weighted by molar-refractivity contribution is -0.117. The highest BCUT2D eigenvalue weighted by Gasteiger charge is 2.29. The summed E-state index contributed by atoms with van der Waals surface area (Å²) in [5, 5.41) is 3.84. The van der Waals surface area contributed by atoms with E-state index in [0.717, 1.165) is 18.4 Å². The Labute approximate surface area is 163 Å². The van der Waals surface area contributed by atoms with Gasteiger partial charge in [0.15, 0.2) is 0 Å². The van der Waals surface area contributed by atoms with Crippen molar-refractivity contribution in [3.05, 3.63) is 63.6 Å². The molecule has 1 aliphatic rings. The number of carbonyl (C=O) groups excluding carboxylic acids is 2. The van der Waals surface area contributed by atoms with Gasteiger partial charge in [-0.25, -0.2) is 0 Å². The molecular weight excluding hydrogens is 371 g/mol. The summed E-state index contributed by atoms with van der Waals surface area (Å²) in [7, 11) is 0. The lowest BCUT2D eigenvalue weighted by Crippen LogP contribution is -2.30. The molecule has 0 unspecified atom stereocenters. The number of nitrogens with one attached hydrogen (secondary N) is 1. The first-order valence-corrected chi connectivity index (χ1v) is 9.37. The molecule has 4 nitrogen and oxygen atoms in total. The zero-order chi connectivity index (χ0) is 18.7. The summed E-state index contributed by atoms with van der Waals surface area (Å²) >= 11 is 12.0. The standard InChI is InChI=1S/C20H20Cl2N2O2/c1-2-24(12-13-3-10-17(21)18(22)11-13)20(26)15-6-8-16(9-7-15)23-19(25)14-4-5-14/h3,6-11,14H,2,4-5,12H2,1H3,(H,23,25). The highest BCUT2D eigenvalue weighted by Crippen LogP contribution is 2.30. The minimum absolute atomic E-state index is 0.0545. The number of benzene rings is 2. The molecule has 2 aromatic rings. The summed E-state index contributed by atoms with van der Waals surface area (Å²) in [5.74, 6) is 0.135. The molecule has 0 atom stereocenters. The lowest BCUT2D eigenvalue weighted by Gasteiger charge is -2.21. The van der Waals surface area contributed by atoms with E-state index in [1.807, 2.05) is 13.0 Å². The molecule has 0 radical (unpaired) electrons. The van der Waals surface area contributed by atoms with Crippen LogP contribution >= 0.6 is 23.2 Å². The Balaban J connectivity index is 1.67. The van der Waals surface area contributed by atoms with E-state index >= 15 is 0 Å². The summed E-state index contributed by atoms with van der Waals surface area (Å²) in [6.07, 6.45) is 1.92. The molecule has 1 saturated carbocycles. The van der Waals surface area contributed by atoms with Gasteiger partial charge in [-0.1, -0.05) is 29.3 Å². The average Bonchev–Trinajstić information content (AvgIpc) is 3.48. The van der Waals surface area contributed by atoms with E-state index in [4.69, 9.17) is 23.2 Å². The van der Waals surface area contributed by atoms with Gasteiger partial charge >= 0.3 is 0 Å². The fraction of sp³-hybridized carbons (Fsp3) is 0.300. The molecule has 1 N–H and O–H groups in total. The van der Waals surface area contributed by atoms with Crippen molar-refractivity contribution < 1.29 is 9.59 Å². The van der Waals surface area contributed by atoms with Crippen LogP contribution in [0, 0.1) is 5.92 Å². The highest BCUT2D eigenvalue weighted by molar-refractivity contribution is 6.42. The topological polar surface area (TPSA) is 49.4 Å². The summed E-state index contributed by atoms with van der Waals surface area (Å²) in [5.41, 5.74) is 2.21. The van der Waals surface area contributed by atoms with Crippen LogP contribution in [0.3, 0.4) is 0 Å². The number of halogens is 2. The molecule has 0 heterocycles. The summed E-state index contributed by atoms with van der Waals surface area (Å²) in [4.78, 5) is 26.3. The molecule has 0 bridgehead atoms. The van der Waals surface area contributed by atoms with Crippen molar-refractivity contribution in [2.75, 3.05) is 11.9 Å². The molecule has 1 aliphatic carbocycles. The van der Waals surface area contributed by atoms with Gasteiger partial charge in [0.2, 0.25) is 5.91 Å². The Kier molecular flexibility index (Phi) is 5.84. The van der Waals surface area contributed by atoms with Gasteiger partial charge in [-0.2, -0.15) is 0 Å². The molecule has 2 aromatic carbocycles. The normalized spacial score (nSPS) is 13.3. The third kappa shape index (κ3) is 4.57. The van der Waals surface area contributed by atoms with Crippen LogP contribution in [0.5, 0.6) is 0 Å². The lowest BCUT2D eigenvalue weighted by atomic mass is 10.1. The largest absolute Gasteiger partial charge is 0.335 e. The third-order valence-electron chi connectivity index (χ3n) is 4.37. The van der Waals surface area contributed by atoms with Crippen LogP contribution in [0.1, 0.15) is 35.7 Å². The maximum absolute atomic E-state index is 12.8. The first-order valence-electron chi connectivity index (χ1n) is 8.62. The van der Waals surface area contributed by atoms with Gasteiger partial charge in [0.25, 0.3) is 5.91 Å². The SMILES string of the molecule is CCN(Cc1ccc(Cl)c(Cl)c1)C(=O)c1ccc(NC(=O)C2CC2)cc1. The van der Waals surface area contributed by atoms with E-state index in [2.05, 4.69) is 5.32 Å². The third-order valence-corrected chi connectivity index (χ3v) is 5.11. The summed E-state index contributed by atoms with van der Waals surface area (Å²) in [6.45, 7) is 2.95. The molecule has 2 amide bonds. The van der Waals surface area contributed by atoms with Gasteiger partial charge < -0.3 is 10.2 Å². The number of rotatable bonds is 6.